The van der Waals surface area contributed by atoms with Gasteiger partial charge >= 0.3 is 106 Å². The Kier molecular flexibility index (Phi) is 18.5. The van der Waals surface area contributed by atoms with Gasteiger partial charge in [-0.15, -0.1) is 0 Å². The summed E-state index contributed by atoms with van der Waals surface area (Å²) in [6, 6.07) is 0. The van der Waals surface area contributed by atoms with Crippen molar-refractivity contribution < 1.29 is 79.2 Å². The van der Waals surface area contributed by atoms with E-state index in [-0.39, 0.29) is 44.4 Å². The summed E-state index contributed by atoms with van der Waals surface area (Å²) in [5, 5.41) is 0. The molecule has 0 aliphatic heterocycles. The average molecular weight is 758 g/mol. The van der Waals surface area contributed by atoms with E-state index in [1.54, 1.807) is 0 Å². The van der Waals surface area contributed by atoms with Crippen molar-refractivity contribution in [3.05, 3.63) is 0 Å². The second-order valence-corrected chi connectivity index (χ2v) is 6.68. The van der Waals surface area contributed by atoms with Gasteiger partial charge in [-0.3, -0.25) is 0 Å². The molecule has 0 aliphatic rings. The van der Waals surface area contributed by atoms with Crippen LogP contribution in [0.4, 0.5) is 0 Å². The van der Waals surface area contributed by atoms with Crippen LogP contribution in [0.5, 0.6) is 0 Å². The molecule has 0 aromatic carbocycles. The monoisotopic (exact) mass is 759 g/mol. The molecule has 0 bridgehead atoms. The van der Waals surface area contributed by atoms with Gasteiger partial charge in [0, 0.05) is 0 Å². The fourth-order valence-electron chi connectivity index (χ4n) is 0. The van der Waals surface area contributed by atoms with Crippen LogP contribution in [-0.4, -0.2) is 27.3 Å². The van der Waals surface area contributed by atoms with Gasteiger partial charge in [0.15, 0.2) is 0 Å². The molecule has 71 valence electrons. The van der Waals surface area contributed by atoms with E-state index in [1.807, 2.05) is 0 Å². The molecule has 0 N–H and O–H groups in total. The van der Waals surface area contributed by atoms with Gasteiger partial charge in [0.25, 0.3) is 0 Å². The molecular formula is MnO8PbW2. The first-order valence-electron chi connectivity index (χ1n) is 1.33. The SMILES string of the molecule is [Mn+2].[O]=[W](=[O])([O-])[O-].[O]=[W](=[O])([O-])[O-].[Pb+2]. The molecule has 0 unspecified atom stereocenters. The molecule has 0 saturated carbocycles. The van der Waals surface area contributed by atoms with Crippen LogP contribution in [0.25, 0.3) is 0 Å². The first kappa shape index (κ1) is 23.6. The van der Waals surface area contributed by atoms with Crippen molar-refractivity contribution >= 4 is 27.3 Å². The zero-order valence-corrected chi connectivity index (χ0v) is 15.9. The van der Waals surface area contributed by atoms with Gasteiger partial charge in [0.05, 0.1) is 0 Å². The quantitative estimate of drug-likeness (QED) is 0.221. The van der Waals surface area contributed by atoms with Crippen LogP contribution >= 0.6 is 0 Å². The van der Waals surface area contributed by atoms with Crippen LogP contribution in [0.3, 0.4) is 0 Å². The van der Waals surface area contributed by atoms with E-state index in [4.69, 9.17) is 28.6 Å². The molecule has 0 heterocycles. The standard InChI is InChI=1S/Mn.8O.Pb.2W/q+2;;;;;4*-1;+2;;. The first-order chi connectivity index (χ1) is 4.00. The molecule has 0 saturated heterocycles. The Bertz CT molecular complexity index is 213. The van der Waals surface area contributed by atoms with Gasteiger partial charge in [0.2, 0.25) is 0 Å². The topological polar surface area (TPSA) is 161 Å². The fourth-order valence-corrected chi connectivity index (χ4v) is 0. The van der Waals surface area contributed by atoms with Gasteiger partial charge in [0.1, 0.15) is 0 Å². The van der Waals surface area contributed by atoms with Gasteiger partial charge in [-0.25, -0.2) is 0 Å². The van der Waals surface area contributed by atoms with Gasteiger partial charge in [-0.2, -0.15) is 0 Å². The molecule has 0 atom stereocenters. The number of hydrogen-bond acceptors (Lipinski definition) is 8. The second-order valence-electron chi connectivity index (χ2n) is 0.816. The zero-order valence-electron chi connectivity index (χ0n) is 4.96. The average Bonchev–Trinajstić information content (AvgIpc) is 1.12. The molecule has 0 aliphatic carbocycles. The Labute approximate surface area is 105 Å². The Morgan fingerprint density at radius 2 is 0.667 bits per heavy atom. The van der Waals surface area contributed by atoms with Crippen LogP contribution in [0, 0.1) is 0 Å². The maximum absolute atomic E-state index is 8.65. The second kappa shape index (κ2) is 9.41. The van der Waals surface area contributed by atoms with E-state index < -0.39 is 33.5 Å². The maximum Gasteiger partial charge on any atom is 2.00 e. The summed E-state index contributed by atoms with van der Waals surface area (Å²) in [4.78, 5) is 0. The van der Waals surface area contributed by atoms with Crippen molar-refractivity contribution in [3.8, 4) is 0 Å². The zero-order chi connectivity index (χ0) is 9.00. The summed E-state index contributed by atoms with van der Waals surface area (Å²) in [7, 11) is 0. The van der Waals surface area contributed by atoms with E-state index >= 15 is 0 Å². The molecule has 12 heteroatoms. The van der Waals surface area contributed by atoms with Gasteiger partial charge < -0.3 is 0 Å². The Balaban J connectivity index is -0.0000000457. The van der Waals surface area contributed by atoms with Crippen LogP contribution in [-0.2, 0) is 64.2 Å². The van der Waals surface area contributed by atoms with E-state index in [2.05, 4.69) is 0 Å². The summed E-state index contributed by atoms with van der Waals surface area (Å²) in [6.45, 7) is 0. The fraction of sp³-hybridized carbons (Fsp3) is 0. The van der Waals surface area contributed by atoms with E-state index in [0.29, 0.717) is 0 Å². The van der Waals surface area contributed by atoms with Gasteiger partial charge in [-0.1, -0.05) is 0 Å². The molecule has 0 amide bonds. The molecule has 3 radical (unpaired) electrons. The summed E-state index contributed by atoms with van der Waals surface area (Å²) < 4.78 is 69.2. The van der Waals surface area contributed by atoms with Crippen molar-refractivity contribution in [3.63, 3.8) is 0 Å². The normalized spacial score (nSPS) is 9.67. The summed E-state index contributed by atoms with van der Waals surface area (Å²) >= 11 is -12.3. The molecule has 0 spiro atoms. The third-order valence-corrected chi connectivity index (χ3v) is 0. The first-order valence-corrected chi connectivity index (χ1v) is 10.9. The predicted molar refractivity (Wildman–Crippen MR) is 8.50 cm³/mol. The van der Waals surface area contributed by atoms with Crippen molar-refractivity contribution in [1.29, 1.82) is 0 Å². The Morgan fingerprint density at radius 1 is 0.667 bits per heavy atom. The number of hydrogen-bond donors (Lipinski definition) is 0. The van der Waals surface area contributed by atoms with Crippen molar-refractivity contribution in [2.45, 2.75) is 0 Å². The Hall–Kier alpha value is 1.86. The third kappa shape index (κ3) is 405. The van der Waals surface area contributed by atoms with Crippen LogP contribution in [0.1, 0.15) is 0 Å². The van der Waals surface area contributed by atoms with Crippen molar-refractivity contribution in [1.82, 2.24) is 0 Å². The number of rotatable bonds is 0. The Morgan fingerprint density at radius 3 is 0.667 bits per heavy atom. The molecule has 0 rings (SSSR count). The summed E-state index contributed by atoms with van der Waals surface area (Å²) in [5.74, 6) is 0. The van der Waals surface area contributed by atoms with Crippen molar-refractivity contribution in [2.24, 2.45) is 0 Å². The smallest absolute Gasteiger partial charge is 2.00 e. The van der Waals surface area contributed by atoms with Crippen LogP contribution in [0.15, 0.2) is 0 Å². The van der Waals surface area contributed by atoms with Crippen LogP contribution in [0.2, 0.25) is 0 Å². The van der Waals surface area contributed by atoms with Gasteiger partial charge in [-0.05, 0) is 0 Å². The summed E-state index contributed by atoms with van der Waals surface area (Å²) in [5.41, 5.74) is 0. The molecule has 0 aromatic heterocycles. The summed E-state index contributed by atoms with van der Waals surface area (Å²) in [6.07, 6.45) is 0. The van der Waals surface area contributed by atoms with E-state index in [0.717, 1.165) is 0 Å². The molecule has 0 aromatic rings. The molecule has 8 nitrogen and oxygen atoms in total. The molecule has 12 heavy (non-hydrogen) atoms. The van der Waals surface area contributed by atoms with E-state index in [1.165, 1.54) is 0 Å². The third-order valence-electron chi connectivity index (χ3n) is 0. The molecule has 0 fully saturated rings. The minimum atomic E-state index is -6.17. The van der Waals surface area contributed by atoms with Crippen molar-refractivity contribution in [2.75, 3.05) is 0 Å². The largest absolute Gasteiger partial charge is 2.00 e. The molecular weight excluding hydrogens is 758 g/mol. The predicted octanol–water partition coefficient (Wildman–Crippen LogP) is -5.62. The minimum absolute atomic E-state index is 0. The maximum atomic E-state index is 8.65. The van der Waals surface area contributed by atoms with E-state index in [9.17, 15) is 0 Å². The van der Waals surface area contributed by atoms with Crippen LogP contribution < -0.4 is 15.0 Å². The minimum Gasteiger partial charge on any atom is 2.00 e.